The number of rotatable bonds is 4. The average molecular weight is 489 g/mol. The highest BCUT2D eigenvalue weighted by molar-refractivity contribution is 7.92. The third kappa shape index (κ3) is 4.27. The normalized spacial score (nSPS) is 15.2. The number of para-hydroxylation sites is 1. The number of sulfonamides is 1. The lowest BCUT2D eigenvalue weighted by atomic mass is 10.2. The van der Waals surface area contributed by atoms with Crippen LogP contribution >= 0.6 is 11.6 Å². The van der Waals surface area contributed by atoms with Crippen molar-refractivity contribution in [3.8, 4) is 0 Å². The maximum atomic E-state index is 13.1. The molecule has 1 fully saturated rings. The number of anilines is 1. The van der Waals surface area contributed by atoms with Gasteiger partial charge in [0.25, 0.3) is 15.9 Å². The molecule has 170 valence electrons. The van der Waals surface area contributed by atoms with E-state index in [1.54, 1.807) is 18.2 Å². The Balaban J connectivity index is 1.79. The van der Waals surface area contributed by atoms with Crippen LogP contribution in [0.4, 0.5) is 18.9 Å². The highest BCUT2D eigenvalue weighted by atomic mass is 35.5. The quantitative estimate of drug-likeness (QED) is 0.589. The smallest absolute Gasteiger partial charge is 0.416 e. The summed E-state index contributed by atoms with van der Waals surface area (Å²) < 4.78 is 78.5. The Morgan fingerprint density at radius 1 is 1.09 bits per heavy atom. The van der Waals surface area contributed by atoms with Gasteiger partial charge >= 0.3 is 6.18 Å². The fourth-order valence-electron chi connectivity index (χ4n) is 3.28. The van der Waals surface area contributed by atoms with Crippen molar-refractivity contribution >= 4 is 44.2 Å². The van der Waals surface area contributed by atoms with Gasteiger partial charge in [0.05, 0.1) is 23.8 Å². The zero-order chi connectivity index (χ0) is 23.1. The van der Waals surface area contributed by atoms with Gasteiger partial charge in [0, 0.05) is 18.5 Å². The van der Waals surface area contributed by atoms with Gasteiger partial charge in [-0.15, -0.1) is 0 Å². The molecule has 2 heterocycles. The van der Waals surface area contributed by atoms with Crippen molar-refractivity contribution in [2.75, 3.05) is 31.0 Å². The van der Waals surface area contributed by atoms with E-state index in [1.165, 1.54) is 11.0 Å². The molecule has 4 rings (SSSR count). The van der Waals surface area contributed by atoms with Gasteiger partial charge in [-0.3, -0.25) is 9.52 Å². The zero-order valence-corrected chi connectivity index (χ0v) is 17.9. The molecule has 0 spiro atoms. The van der Waals surface area contributed by atoms with Crippen LogP contribution in [0.1, 0.15) is 16.1 Å². The fraction of sp³-hybridized carbons (Fsp3) is 0.250. The molecule has 32 heavy (non-hydrogen) atoms. The maximum Gasteiger partial charge on any atom is 0.416 e. The lowest BCUT2D eigenvalue weighted by molar-refractivity contribution is -0.137. The first-order valence-corrected chi connectivity index (χ1v) is 11.2. The Hall–Kier alpha value is -2.76. The molecule has 1 aliphatic rings. The molecule has 1 aromatic heterocycles. The highest BCUT2D eigenvalue weighted by Crippen LogP contribution is 2.37. The van der Waals surface area contributed by atoms with Crippen LogP contribution in [0.25, 0.3) is 11.0 Å². The van der Waals surface area contributed by atoms with E-state index in [0.717, 1.165) is 6.07 Å². The number of halogens is 4. The van der Waals surface area contributed by atoms with Gasteiger partial charge in [-0.2, -0.15) is 13.2 Å². The van der Waals surface area contributed by atoms with Crippen LogP contribution in [-0.4, -0.2) is 45.5 Å². The number of carbonyl (C=O) groups is 1. The van der Waals surface area contributed by atoms with Gasteiger partial charge in [0.1, 0.15) is 16.2 Å². The molecule has 0 radical (unpaired) electrons. The number of nitrogens with one attached hydrogen (secondary N) is 1. The van der Waals surface area contributed by atoms with Gasteiger partial charge in [-0.1, -0.05) is 23.7 Å². The lowest BCUT2D eigenvalue weighted by Gasteiger charge is -2.26. The fourth-order valence-corrected chi connectivity index (χ4v) is 4.89. The molecular formula is C20H16ClF3N2O5S. The summed E-state index contributed by atoms with van der Waals surface area (Å²) in [4.78, 5) is 13.7. The van der Waals surface area contributed by atoms with Crippen molar-refractivity contribution in [3.05, 3.63) is 58.8 Å². The summed E-state index contributed by atoms with van der Waals surface area (Å²) in [6.07, 6.45) is -4.77. The number of nitrogens with zero attached hydrogens (tertiary/aromatic N) is 1. The summed E-state index contributed by atoms with van der Waals surface area (Å²) in [5.74, 6) is -0.850. The van der Waals surface area contributed by atoms with Crippen LogP contribution in [0.3, 0.4) is 0 Å². The first kappa shape index (κ1) is 22.4. The minimum absolute atomic E-state index is 0.175. The summed E-state index contributed by atoms with van der Waals surface area (Å²) in [6.45, 7) is 1.18. The molecule has 0 atom stereocenters. The molecule has 3 aromatic rings. The van der Waals surface area contributed by atoms with Crippen molar-refractivity contribution in [1.29, 1.82) is 0 Å². The van der Waals surface area contributed by atoms with Crippen molar-refractivity contribution in [3.63, 3.8) is 0 Å². The van der Waals surface area contributed by atoms with E-state index in [9.17, 15) is 26.4 Å². The summed E-state index contributed by atoms with van der Waals surface area (Å²) in [5, 5.41) is -0.130. The number of fused-ring (bicyclic) bond motifs is 1. The van der Waals surface area contributed by atoms with Crippen LogP contribution in [0.5, 0.6) is 0 Å². The van der Waals surface area contributed by atoms with E-state index >= 15 is 0 Å². The van der Waals surface area contributed by atoms with E-state index in [-0.39, 0.29) is 35.5 Å². The van der Waals surface area contributed by atoms with Gasteiger partial charge in [0.15, 0.2) is 0 Å². The summed E-state index contributed by atoms with van der Waals surface area (Å²) in [7, 11) is -4.61. The Labute approximate surface area is 185 Å². The highest BCUT2D eigenvalue weighted by Gasteiger charge is 2.34. The number of benzene rings is 2. The predicted octanol–water partition coefficient (Wildman–Crippen LogP) is 4.38. The SMILES string of the molecule is O=C(c1oc2ccccc2c1NS(=O)(=O)c1cc(C(F)(F)F)ccc1Cl)N1CCOCC1. The zero-order valence-electron chi connectivity index (χ0n) is 16.3. The number of hydrogen-bond donors (Lipinski definition) is 1. The van der Waals surface area contributed by atoms with Gasteiger partial charge in [0.2, 0.25) is 5.76 Å². The van der Waals surface area contributed by atoms with Crippen molar-refractivity contribution in [2.45, 2.75) is 11.1 Å². The van der Waals surface area contributed by atoms with Crippen molar-refractivity contribution < 1.29 is 35.5 Å². The largest absolute Gasteiger partial charge is 0.449 e. The third-order valence-corrected chi connectivity index (χ3v) is 6.70. The summed E-state index contributed by atoms with van der Waals surface area (Å²) in [5.41, 5.74) is -1.12. The number of amides is 1. The number of furan rings is 1. The van der Waals surface area contributed by atoms with E-state index in [0.29, 0.717) is 25.3 Å². The molecule has 1 N–H and O–H groups in total. The Morgan fingerprint density at radius 3 is 2.47 bits per heavy atom. The molecule has 2 aromatic carbocycles. The minimum atomic E-state index is -4.77. The van der Waals surface area contributed by atoms with Gasteiger partial charge in [-0.25, -0.2) is 8.42 Å². The van der Waals surface area contributed by atoms with Crippen molar-refractivity contribution in [2.24, 2.45) is 0 Å². The van der Waals surface area contributed by atoms with Crippen LogP contribution in [0, 0.1) is 0 Å². The van der Waals surface area contributed by atoms with Gasteiger partial charge < -0.3 is 14.1 Å². The number of morpholine rings is 1. The summed E-state index contributed by atoms with van der Waals surface area (Å²) in [6, 6.07) is 8.29. The number of carbonyl (C=O) groups excluding carboxylic acids is 1. The molecule has 1 amide bonds. The number of hydrogen-bond acceptors (Lipinski definition) is 5. The average Bonchev–Trinajstić information content (AvgIpc) is 3.11. The second kappa shape index (κ2) is 8.30. The van der Waals surface area contributed by atoms with Crippen molar-refractivity contribution in [1.82, 2.24) is 4.90 Å². The Kier molecular flexibility index (Phi) is 5.82. The van der Waals surface area contributed by atoms with Crippen LogP contribution in [-0.2, 0) is 20.9 Å². The molecule has 12 heteroatoms. The van der Waals surface area contributed by atoms with E-state index < -0.39 is 37.6 Å². The summed E-state index contributed by atoms with van der Waals surface area (Å²) >= 11 is 5.91. The maximum absolute atomic E-state index is 13.1. The molecule has 0 saturated carbocycles. The molecular weight excluding hydrogens is 473 g/mol. The first-order valence-electron chi connectivity index (χ1n) is 9.36. The minimum Gasteiger partial charge on any atom is -0.449 e. The first-order chi connectivity index (χ1) is 15.1. The van der Waals surface area contributed by atoms with Crippen LogP contribution in [0.15, 0.2) is 51.8 Å². The molecule has 0 unspecified atom stereocenters. The second-order valence-electron chi connectivity index (χ2n) is 6.96. The molecule has 0 bridgehead atoms. The molecule has 0 aliphatic carbocycles. The van der Waals surface area contributed by atoms with E-state index in [1.807, 2.05) is 0 Å². The number of ether oxygens (including phenoxy) is 1. The monoisotopic (exact) mass is 488 g/mol. The van der Waals surface area contributed by atoms with Crippen LogP contribution < -0.4 is 4.72 Å². The standard InChI is InChI=1S/C20H16ClF3N2O5S/c21-14-6-5-12(20(22,23)24)11-16(14)32(28,29)25-17-13-3-1-2-4-15(13)31-18(17)19(27)26-7-9-30-10-8-26/h1-6,11,25H,7-10H2. The Morgan fingerprint density at radius 2 is 1.78 bits per heavy atom. The van der Waals surface area contributed by atoms with E-state index in [4.69, 9.17) is 20.8 Å². The topological polar surface area (TPSA) is 88.8 Å². The van der Waals surface area contributed by atoms with E-state index in [2.05, 4.69) is 4.72 Å². The Bertz CT molecular complexity index is 1280. The number of alkyl halides is 3. The molecule has 1 saturated heterocycles. The predicted molar refractivity (Wildman–Crippen MR) is 110 cm³/mol. The molecule has 7 nitrogen and oxygen atoms in total. The lowest BCUT2D eigenvalue weighted by Crippen LogP contribution is -2.40. The second-order valence-corrected chi connectivity index (χ2v) is 9.01. The van der Waals surface area contributed by atoms with Crippen LogP contribution in [0.2, 0.25) is 5.02 Å². The third-order valence-electron chi connectivity index (χ3n) is 4.87. The van der Waals surface area contributed by atoms with Gasteiger partial charge in [-0.05, 0) is 30.3 Å². The molecule has 1 aliphatic heterocycles.